The minimum atomic E-state index is -0.615. The van der Waals surface area contributed by atoms with Crippen molar-refractivity contribution in [3.8, 4) is 5.75 Å². The molecular weight excluding hydrogens is 556 g/mol. The first kappa shape index (κ1) is 32.5. The molecule has 0 spiro atoms. The standard InChI is InChI=1S/C36H42N2O6/c1-26(23-39)37-34(40)22-30-14-8-9-15-31(20-27-10-4-2-5-11-27)36(42)44-25-32(38-35(30)41)21-28-16-18-33(19-17-28)43-24-29-12-6-3-7-13-29/h2-13,16-19,26,30-32,39H,14-15,20-25H2,1H3,(H,37,40)(H,38,41)/t26-,30+,31+,32-/m0/s1. The molecule has 1 aliphatic heterocycles. The van der Waals surface area contributed by atoms with E-state index in [-0.39, 0.29) is 43.3 Å². The fourth-order valence-electron chi connectivity index (χ4n) is 5.09. The van der Waals surface area contributed by atoms with E-state index in [0.717, 1.165) is 22.4 Å². The molecule has 8 heteroatoms. The zero-order valence-electron chi connectivity index (χ0n) is 25.2. The van der Waals surface area contributed by atoms with Crippen LogP contribution in [0.5, 0.6) is 5.75 Å². The summed E-state index contributed by atoms with van der Waals surface area (Å²) >= 11 is 0. The fraction of sp³-hybridized carbons (Fsp3) is 0.361. The van der Waals surface area contributed by atoms with Crippen molar-refractivity contribution >= 4 is 17.8 Å². The fourth-order valence-corrected chi connectivity index (χ4v) is 5.09. The van der Waals surface area contributed by atoms with E-state index >= 15 is 0 Å². The van der Waals surface area contributed by atoms with Crippen LogP contribution in [0.25, 0.3) is 0 Å². The number of hydrogen-bond donors (Lipinski definition) is 3. The second-order valence-electron chi connectivity index (χ2n) is 11.3. The highest BCUT2D eigenvalue weighted by molar-refractivity contribution is 5.86. The number of benzene rings is 3. The van der Waals surface area contributed by atoms with Crippen LogP contribution in [-0.4, -0.2) is 48.2 Å². The Hall–Kier alpha value is -4.43. The molecule has 1 heterocycles. The molecule has 4 atom stereocenters. The molecule has 0 bridgehead atoms. The lowest BCUT2D eigenvalue weighted by Crippen LogP contribution is -2.45. The quantitative estimate of drug-likeness (QED) is 0.221. The third-order valence-electron chi connectivity index (χ3n) is 7.58. The summed E-state index contributed by atoms with van der Waals surface area (Å²) in [6, 6.07) is 26.5. The van der Waals surface area contributed by atoms with Crippen molar-refractivity contribution in [2.24, 2.45) is 11.8 Å². The maximum Gasteiger partial charge on any atom is 0.309 e. The number of amides is 2. The van der Waals surface area contributed by atoms with Gasteiger partial charge in [0.15, 0.2) is 0 Å². The van der Waals surface area contributed by atoms with Crippen molar-refractivity contribution in [3.63, 3.8) is 0 Å². The van der Waals surface area contributed by atoms with Crippen molar-refractivity contribution in [1.82, 2.24) is 10.6 Å². The SMILES string of the molecule is C[C@@H](CO)NC(=O)C[C@H]1CC=CC[C@H](Cc2ccccc2)C(=O)OC[C@H](Cc2ccc(OCc3ccccc3)cc2)NC1=O. The molecule has 1 aliphatic rings. The maximum absolute atomic E-state index is 13.4. The molecular formula is C36H42N2O6. The molecule has 0 saturated carbocycles. The molecule has 0 radical (unpaired) electrons. The first-order chi connectivity index (χ1) is 21.4. The van der Waals surface area contributed by atoms with Crippen molar-refractivity contribution in [2.75, 3.05) is 13.2 Å². The summed E-state index contributed by atoms with van der Waals surface area (Å²) in [5.41, 5.74) is 3.06. The molecule has 0 fully saturated rings. The molecule has 0 aliphatic carbocycles. The number of esters is 1. The number of ether oxygens (including phenoxy) is 2. The van der Waals surface area contributed by atoms with E-state index in [1.54, 1.807) is 6.92 Å². The number of allylic oxidation sites excluding steroid dienone is 2. The van der Waals surface area contributed by atoms with E-state index in [0.29, 0.717) is 32.3 Å². The lowest BCUT2D eigenvalue weighted by Gasteiger charge is -2.24. The van der Waals surface area contributed by atoms with Crippen LogP contribution in [-0.2, 0) is 38.6 Å². The van der Waals surface area contributed by atoms with Crippen molar-refractivity contribution in [3.05, 3.63) is 114 Å². The highest BCUT2D eigenvalue weighted by Gasteiger charge is 2.27. The molecule has 44 heavy (non-hydrogen) atoms. The number of carbonyl (C=O) groups excluding carboxylic acids is 3. The Balaban J connectivity index is 1.47. The van der Waals surface area contributed by atoms with Crippen LogP contribution < -0.4 is 15.4 Å². The summed E-state index contributed by atoms with van der Waals surface area (Å²) in [7, 11) is 0. The number of cyclic esters (lactones) is 1. The second kappa shape index (κ2) is 17.0. The van der Waals surface area contributed by atoms with E-state index < -0.39 is 18.0 Å². The molecule has 3 aromatic carbocycles. The lowest BCUT2D eigenvalue weighted by atomic mass is 9.94. The van der Waals surface area contributed by atoms with Crippen LogP contribution in [0.15, 0.2) is 97.1 Å². The van der Waals surface area contributed by atoms with E-state index in [2.05, 4.69) is 10.6 Å². The highest BCUT2D eigenvalue weighted by Crippen LogP contribution is 2.20. The van der Waals surface area contributed by atoms with Crippen LogP contribution in [0.1, 0.15) is 42.9 Å². The van der Waals surface area contributed by atoms with Crippen molar-refractivity contribution in [1.29, 1.82) is 0 Å². The van der Waals surface area contributed by atoms with Gasteiger partial charge in [-0.1, -0.05) is 84.9 Å². The minimum Gasteiger partial charge on any atom is -0.489 e. The summed E-state index contributed by atoms with van der Waals surface area (Å²) in [6.07, 6.45) is 5.51. The lowest BCUT2D eigenvalue weighted by molar-refractivity contribution is -0.150. The molecule has 0 aromatic heterocycles. The van der Waals surface area contributed by atoms with Crippen molar-refractivity contribution < 1.29 is 29.0 Å². The van der Waals surface area contributed by atoms with Gasteiger partial charge in [-0.25, -0.2) is 0 Å². The Bertz CT molecular complexity index is 1360. The van der Waals surface area contributed by atoms with Crippen LogP contribution in [0.2, 0.25) is 0 Å². The normalized spacial score (nSPS) is 19.9. The molecule has 0 unspecified atom stereocenters. The Morgan fingerprint density at radius 1 is 0.886 bits per heavy atom. The van der Waals surface area contributed by atoms with Crippen LogP contribution in [0.3, 0.4) is 0 Å². The van der Waals surface area contributed by atoms with Gasteiger partial charge in [-0.15, -0.1) is 0 Å². The van der Waals surface area contributed by atoms with Crippen LogP contribution in [0, 0.1) is 11.8 Å². The molecule has 4 rings (SSSR count). The predicted molar refractivity (Wildman–Crippen MR) is 169 cm³/mol. The summed E-state index contributed by atoms with van der Waals surface area (Å²) in [6.45, 7) is 1.98. The molecule has 3 aromatic rings. The van der Waals surface area contributed by atoms with Gasteiger partial charge in [0.05, 0.1) is 24.5 Å². The van der Waals surface area contributed by atoms with Gasteiger partial charge < -0.3 is 25.2 Å². The average molecular weight is 599 g/mol. The number of carbonyl (C=O) groups is 3. The van der Waals surface area contributed by atoms with Gasteiger partial charge in [0.25, 0.3) is 0 Å². The topological polar surface area (TPSA) is 114 Å². The van der Waals surface area contributed by atoms with Gasteiger partial charge >= 0.3 is 5.97 Å². The predicted octanol–water partition coefficient (Wildman–Crippen LogP) is 4.55. The zero-order valence-corrected chi connectivity index (χ0v) is 25.2. The van der Waals surface area contributed by atoms with E-state index in [1.807, 2.05) is 97.1 Å². The monoisotopic (exact) mass is 598 g/mol. The largest absolute Gasteiger partial charge is 0.489 e. The van der Waals surface area contributed by atoms with Gasteiger partial charge in [0, 0.05) is 12.5 Å². The van der Waals surface area contributed by atoms with Gasteiger partial charge in [-0.2, -0.15) is 0 Å². The first-order valence-corrected chi connectivity index (χ1v) is 15.2. The number of aliphatic hydroxyl groups excluding tert-OH is 1. The number of nitrogens with one attached hydrogen (secondary N) is 2. The molecule has 0 saturated heterocycles. The summed E-state index contributed by atoms with van der Waals surface area (Å²) in [5.74, 6) is -1.16. The third kappa shape index (κ3) is 10.7. The summed E-state index contributed by atoms with van der Waals surface area (Å²) in [5, 5.41) is 15.1. The molecule has 3 N–H and O–H groups in total. The van der Waals surface area contributed by atoms with E-state index in [1.165, 1.54) is 0 Å². The smallest absolute Gasteiger partial charge is 0.309 e. The third-order valence-corrected chi connectivity index (χ3v) is 7.58. The second-order valence-corrected chi connectivity index (χ2v) is 11.3. The Labute approximate surface area is 259 Å². The van der Waals surface area contributed by atoms with Gasteiger partial charge in [-0.05, 0) is 61.4 Å². The summed E-state index contributed by atoms with van der Waals surface area (Å²) < 4.78 is 11.7. The van der Waals surface area contributed by atoms with Gasteiger partial charge in [-0.3, -0.25) is 14.4 Å². The Morgan fingerprint density at radius 2 is 1.50 bits per heavy atom. The van der Waals surface area contributed by atoms with Gasteiger partial charge in [0.1, 0.15) is 19.0 Å². The first-order valence-electron chi connectivity index (χ1n) is 15.2. The van der Waals surface area contributed by atoms with Crippen LogP contribution >= 0.6 is 0 Å². The maximum atomic E-state index is 13.4. The number of aliphatic hydroxyl groups is 1. The zero-order chi connectivity index (χ0) is 31.1. The van der Waals surface area contributed by atoms with E-state index in [4.69, 9.17) is 9.47 Å². The van der Waals surface area contributed by atoms with Crippen LogP contribution in [0.4, 0.5) is 0 Å². The number of rotatable bonds is 11. The summed E-state index contributed by atoms with van der Waals surface area (Å²) in [4.78, 5) is 39.3. The Morgan fingerprint density at radius 3 is 2.16 bits per heavy atom. The molecule has 8 nitrogen and oxygen atoms in total. The molecule has 232 valence electrons. The van der Waals surface area contributed by atoms with E-state index in [9.17, 15) is 19.5 Å². The van der Waals surface area contributed by atoms with Gasteiger partial charge in [0.2, 0.25) is 11.8 Å². The highest BCUT2D eigenvalue weighted by atomic mass is 16.5. The average Bonchev–Trinajstić information content (AvgIpc) is 3.04. The number of hydrogen-bond acceptors (Lipinski definition) is 6. The van der Waals surface area contributed by atoms with Crippen molar-refractivity contribution in [2.45, 2.75) is 57.7 Å². The molecule has 2 amide bonds. The Kier molecular flexibility index (Phi) is 12.6. The minimum absolute atomic E-state index is 0.00625.